The van der Waals surface area contributed by atoms with E-state index in [4.69, 9.17) is 16.2 Å². The number of hydrogen-bond donors (Lipinski definition) is 3. The van der Waals surface area contributed by atoms with Gasteiger partial charge >= 0.3 is 5.97 Å². The van der Waals surface area contributed by atoms with Gasteiger partial charge in [0, 0.05) is 18.2 Å². The Balaban J connectivity index is 3.02. The molecule has 5 N–H and O–H groups in total. The van der Waals surface area contributed by atoms with E-state index in [-0.39, 0.29) is 12.3 Å². The zero-order chi connectivity index (χ0) is 12.1. The van der Waals surface area contributed by atoms with Gasteiger partial charge in [0.2, 0.25) is 0 Å². The van der Waals surface area contributed by atoms with Gasteiger partial charge in [-0.3, -0.25) is 0 Å². The lowest BCUT2D eigenvalue weighted by Crippen LogP contribution is -2.21. The van der Waals surface area contributed by atoms with Gasteiger partial charge in [-0.1, -0.05) is 0 Å². The predicted molar refractivity (Wildman–Crippen MR) is 60.0 cm³/mol. The minimum atomic E-state index is -0.491. The Bertz CT molecular complexity index is 379. The minimum Gasteiger partial charge on any atom is -0.508 e. The number of aromatic hydroxyl groups is 1. The van der Waals surface area contributed by atoms with Gasteiger partial charge in [-0.2, -0.15) is 0 Å². The fourth-order valence-corrected chi connectivity index (χ4v) is 1.32. The van der Waals surface area contributed by atoms with Gasteiger partial charge in [-0.15, -0.1) is 0 Å². The zero-order valence-corrected chi connectivity index (χ0v) is 9.14. The molecular formula is C11H16N2O3. The van der Waals surface area contributed by atoms with Crippen LogP contribution in [-0.2, 0) is 4.74 Å². The van der Waals surface area contributed by atoms with Crippen LogP contribution in [0.5, 0.6) is 5.75 Å². The van der Waals surface area contributed by atoms with Crippen molar-refractivity contribution in [1.82, 2.24) is 0 Å². The highest BCUT2D eigenvalue weighted by Crippen LogP contribution is 2.23. The van der Waals surface area contributed by atoms with Crippen LogP contribution < -0.4 is 11.5 Å². The molecule has 16 heavy (non-hydrogen) atoms. The van der Waals surface area contributed by atoms with Gasteiger partial charge < -0.3 is 21.3 Å². The Hall–Kier alpha value is -1.59. The van der Waals surface area contributed by atoms with Crippen molar-refractivity contribution in [2.75, 3.05) is 13.2 Å². The molecule has 1 rings (SSSR count). The maximum Gasteiger partial charge on any atom is 0.338 e. The maximum absolute atomic E-state index is 11.4. The lowest BCUT2D eigenvalue weighted by Gasteiger charge is -2.12. The number of phenolic OH excluding ortho intramolecular Hbond substituents is 1. The van der Waals surface area contributed by atoms with E-state index in [1.807, 2.05) is 0 Å². The van der Waals surface area contributed by atoms with Gasteiger partial charge in [0.1, 0.15) is 5.75 Å². The number of benzene rings is 1. The van der Waals surface area contributed by atoms with Crippen molar-refractivity contribution >= 4 is 5.97 Å². The first-order valence-electron chi connectivity index (χ1n) is 5.05. The van der Waals surface area contributed by atoms with Crippen LogP contribution in [-0.4, -0.2) is 24.2 Å². The van der Waals surface area contributed by atoms with Crippen molar-refractivity contribution in [3.05, 3.63) is 29.3 Å². The molecule has 1 aromatic carbocycles. The highest BCUT2D eigenvalue weighted by molar-refractivity contribution is 5.89. The van der Waals surface area contributed by atoms with E-state index in [2.05, 4.69) is 0 Å². The molecule has 5 nitrogen and oxygen atoms in total. The summed E-state index contributed by atoms with van der Waals surface area (Å²) in [6.07, 6.45) is 0. The van der Waals surface area contributed by atoms with E-state index < -0.39 is 12.0 Å². The van der Waals surface area contributed by atoms with Crippen molar-refractivity contribution in [1.29, 1.82) is 0 Å². The molecule has 0 spiro atoms. The first kappa shape index (κ1) is 12.5. The second-order valence-corrected chi connectivity index (χ2v) is 3.34. The van der Waals surface area contributed by atoms with Crippen LogP contribution in [0, 0.1) is 0 Å². The molecule has 0 heterocycles. The van der Waals surface area contributed by atoms with E-state index >= 15 is 0 Å². The highest BCUT2D eigenvalue weighted by atomic mass is 16.5. The number of rotatable bonds is 4. The van der Waals surface area contributed by atoms with E-state index in [0.29, 0.717) is 17.7 Å². The maximum atomic E-state index is 11.4. The molecular weight excluding hydrogens is 208 g/mol. The van der Waals surface area contributed by atoms with Crippen LogP contribution in [0.25, 0.3) is 0 Å². The molecule has 1 aromatic rings. The highest BCUT2D eigenvalue weighted by Gasteiger charge is 2.13. The summed E-state index contributed by atoms with van der Waals surface area (Å²) >= 11 is 0. The number of phenols is 1. The Labute approximate surface area is 94.0 Å². The largest absolute Gasteiger partial charge is 0.508 e. The van der Waals surface area contributed by atoms with E-state index in [1.165, 1.54) is 18.2 Å². The molecule has 0 radical (unpaired) electrons. The molecule has 0 amide bonds. The lowest BCUT2D eigenvalue weighted by molar-refractivity contribution is 0.0526. The zero-order valence-electron chi connectivity index (χ0n) is 9.14. The lowest BCUT2D eigenvalue weighted by atomic mass is 10.0. The molecule has 0 aliphatic rings. The number of ether oxygens (including phenoxy) is 1. The molecule has 0 fully saturated rings. The van der Waals surface area contributed by atoms with Crippen molar-refractivity contribution in [3.63, 3.8) is 0 Å². The third-order valence-electron chi connectivity index (χ3n) is 2.19. The topological polar surface area (TPSA) is 98.6 Å². The molecule has 0 saturated carbocycles. The first-order valence-corrected chi connectivity index (χ1v) is 5.05. The van der Waals surface area contributed by atoms with Crippen molar-refractivity contribution in [2.24, 2.45) is 11.5 Å². The van der Waals surface area contributed by atoms with Gasteiger partial charge in [-0.25, -0.2) is 4.79 Å². The minimum absolute atomic E-state index is 0.0333. The van der Waals surface area contributed by atoms with Gasteiger partial charge in [0.05, 0.1) is 12.2 Å². The van der Waals surface area contributed by atoms with Crippen LogP contribution in [0.2, 0.25) is 0 Å². The summed E-state index contributed by atoms with van der Waals surface area (Å²) in [5.41, 5.74) is 11.9. The Kier molecular flexibility index (Phi) is 4.28. The van der Waals surface area contributed by atoms with E-state index in [9.17, 15) is 9.90 Å². The average molecular weight is 224 g/mol. The predicted octanol–water partition coefficient (Wildman–Crippen LogP) is 0.527. The Morgan fingerprint density at radius 2 is 2.25 bits per heavy atom. The second kappa shape index (κ2) is 5.48. The molecule has 1 atom stereocenters. The monoisotopic (exact) mass is 224 g/mol. The first-order chi connectivity index (χ1) is 7.60. The summed E-state index contributed by atoms with van der Waals surface area (Å²) in [5.74, 6) is -0.404. The molecule has 88 valence electrons. The summed E-state index contributed by atoms with van der Waals surface area (Å²) in [6, 6.07) is 3.91. The quantitative estimate of drug-likeness (QED) is 0.648. The number of carbonyl (C=O) groups is 1. The summed E-state index contributed by atoms with van der Waals surface area (Å²) in [5, 5.41) is 9.56. The summed E-state index contributed by atoms with van der Waals surface area (Å²) in [7, 11) is 0. The number of carbonyl (C=O) groups excluding carboxylic acids is 1. The second-order valence-electron chi connectivity index (χ2n) is 3.34. The van der Waals surface area contributed by atoms with Crippen molar-refractivity contribution < 1.29 is 14.6 Å². The standard InChI is InChI=1S/C11H16N2O3/c1-2-16-11(15)7-3-4-10(14)8(5-7)9(13)6-12/h3-5,9,14H,2,6,12-13H2,1H3/t9-/m1/s1. The van der Waals surface area contributed by atoms with E-state index in [0.717, 1.165) is 0 Å². The summed E-state index contributed by atoms with van der Waals surface area (Å²) in [6.45, 7) is 2.22. The third-order valence-corrected chi connectivity index (χ3v) is 2.19. The van der Waals surface area contributed by atoms with Crippen molar-refractivity contribution in [2.45, 2.75) is 13.0 Å². The molecule has 5 heteroatoms. The summed E-state index contributed by atoms with van der Waals surface area (Å²) < 4.78 is 4.84. The fourth-order valence-electron chi connectivity index (χ4n) is 1.32. The van der Waals surface area contributed by atoms with Crippen LogP contribution in [0.1, 0.15) is 28.9 Å². The number of nitrogens with two attached hydrogens (primary N) is 2. The molecule has 0 aliphatic carbocycles. The van der Waals surface area contributed by atoms with E-state index in [1.54, 1.807) is 6.92 Å². The number of hydrogen-bond acceptors (Lipinski definition) is 5. The van der Waals surface area contributed by atoms with Crippen molar-refractivity contribution in [3.8, 4) is 5.75 Å². The molecule has 0 unspecified atom stereocenters. The third kappa shape index (κ3) is 2.71. The van der Waals surface area contributed by atoms with Crippen LogP contribution in [0.4, 0.5) is 0 Å². The number of esters is 1. The van der Waals surface area contributed by atoms with Gasteiger partial charge in [0.25, 0.3) is 0 Å². The normalized spacial score (nSPS) is 12.2. The molecule has 0 aliphatic heterocycles. The van der Waals surface area contributed by atoms with Gasteiger partial charge in [-0.05, 0) is 25.1 Å². The Morgan fingerprint density at radius 1 is 1.56 bits per heavy atom. The SMILES string of the molecule is CCOC(=O)c1ccc(O)c([C@H](N)CN)c1. The molecule has 0 saturated heterocycles. The van der Waals surface area contributed by atoms with Crippen LogP contribution in [0.3, 0.4) is 0 Å². The molecule has 0 aromatic heterocycles. The Morgan fingerprint density at radius 3 is 2.81 bits per heavy atom. The summed E-state index contributed by atoms with van der Waals surface area (Å²) in [4.78, 5) is 11.4. The van der Waals surface area contributed by atoms with Crippen LogP contribution >= 0.6 is 0 Å². The fraction of sp³-hybridized carbons (Fsp3) is 0.364. The molecule has 0 bridgehead atoms. The average Bonchev–Trinajstić information content (AvgIpc) is 2.29. The smallest absolute Gasteiger partial charge is 0.338 e. The van der Waals surface area contributed by atoms with Crippen LogP contribution in [0.15, 0.2) is 18.2 Å². The van der Waals surface area contributed by atoms with Gasteiger partial charge in [0.15, 0.2) is 0 Å².